The van der Waals surface area contributed by atoms with E-state index in [1.165, 1.54) is 19.7 Å². The van der Waals surface area contributed by atoms with Crippen molar-refractivity contribution in [2.45, 2.75) is 69.2 Å². The van der Waals surface area contributed by atoms with E-state index in [1.54, 1.807) is 4.90 Å². The maximum atomic E-state index is 12.3. The van der Waals surface area contributed by atoms with Gasteiger partial charge >= 0.3 is 6.09 Å². The Kier molecular flexibility index (Phi) is 7.73. The van der Waals surface area contributed by atoms with Crippen LogP contribution in [-0.4, -0.2) is 64.4 Å². The first-order valence-corrected chi connectivity index (χ1v) is 12.1. The third-order valence-corrected chi connectivity index (χ3v) is 7.45. The highest BCUT2D eigenvalue weighted by molar-refractivity contribution is 7.87. The zero-order valence-electron chi connectivity index (χ0n) is 17.9. The van der Waals surface area contributed by atoms with E-state index in [1.807, 2.05) is 13.0 Å². The van der Waals surface area contributed by atoms with Crippen LogP contribution in [0.2, 0.25) is 0 Å². The van der Waals surface area contributed by atoms with E-state index in [0.717, 1.165) is 25.7 Å². The molecule has 1 amide bonds. The normalized spacial score (nSPS) is 29.7. The van der Waals surface area contributed by atoms with E-state index >= 15 is 0 Å². The Morgan fingerprint density at radius 3 is 2.43 bits per heavy atom. The first-order valence-electron chi connectivity index (χ1n) is 10.6. The van der Waals surface area contributed by atoms with Crippen molar-refractivity contribution in [3.63, 3.8) is 0 Å². The predicted molar refractivity (Wildman–Crippen MR) is 114 cm³/mol. The fourth-order valence-electron chi connectivity index (χ4n) is 4.68. The largest absolute Gasteiger partial charge is 0.453 e. The van der Waals surface area contributed by atoms with Crippen molar-refractivity contribution in [1.82, 2.24) is 14.3 Å². The molecular formula is C21H33N3O5S. The van der Waals surface area contributed by atoms with Crippen LogP contribution in [0, 0.1) is 0 Å². The highest BCUT2D eigenvalue weighted by Gasteiger charge is 2.44. The van der Waals surface area contributed by atoms with Gasteiger partial charge in [0.25, 0.3) is 10.2 Å². The number of likely N-dealkylation sites (tertiary alicyclic amines) is 1. The molecule has 1 aliphatic carbocycles. The molecule has 8 nitrogen and oxygen atoms in total. The molecule has 9 heteroatoms. The van der Waals surface area contributed by atoms with Gasteiger partial charge in [-0.05, 0) is 50.5 Å². The standard InChI is InChI=1S/C21H33N3O5S/c1-15-13-19(23-30(26,27)22-2)20(24(15)21(25)28-3)14-29-18-11-9-17(10-12-18)16-7-5-4-6-8-16/h4-8,15,17-20,22-23H,9-14H2,1-3H3/t15-,17?,18?,19+,20?/m1/s1. The number of nitrogens with zero attached hydrogens (tertiary/aromatic N) is 1. The Morgan fingerprint density at radius 1 is 1.17 bits per heavy atom. The molecule has 0 bridgehead atoms. The van der Waals surface area contributed by atoms with Gasteiger partial charge in [0.2, 0.25) is 0 Å². The second-order valence-corrected chi connectivity index (χ2v) is 9.83. The van der Waals surface area contributed by atoms with Gasteiger partial charge in [-0.3, -0.25) is 4.90 Å². The Bertz CT molecular complexity index is 796. The molecule has 1 aromatic rings. The lowest BCUT2D eigenvalue weighted by molar-refractivity contribution is -0.00861. The van der Waals surface area contributed by atoms with Crippen LogP contribution in [0.5, 0.6) is 0 Å². The van der Waals surface area contributed by atoms with Crippen LogP contribution in [0.25, 0.3) is 0 Å². The molecule has 1 saturated heterocycles. The summed E-state index contributed by atoms with van der Waals surface area (Å²) in [6.07, 6.45) is 4.18. The summed E-state index contributed by atoms with van der Waals surface area (Å²) >= 11 is 0. The lowest BCUT2D eigenvalue weighted by Crippen LogP contribution is -2.52. The number of hydrogen-bond acceptors (Lipinski definition) is 5. The number of benzene rings is 1. The zero-order valence-corrected chi connectivity index (χ0v) is 18.7. The van der Waals surface area contributed by atoms with Gasteiger partial charge in [0.05, 0.1) is 25.9 Å². The van der Waals surface area contributed by atoms with Crippen LogP contribution in [0.4, 0.5) is 4.79 Å². The van der Waals surface area contributed by atoms with Crippen LogP contribution in [0.3, 0.4) is 0 Å². The van der Waals surface area contributed by atoms with Crippen molar-refractivity contribution in [2.75, 3.05) is 20.8 Å². The number of nitrogens with one attached hydrogen (secondary N) is 2. The topological polar surface area (TPSA) is 97.0 Å². The third-order valence-electron chi connectivity index (χ3n) is 6.30. The van der Waals surface area contributed by atoms with Gasteiger partial charge in [0.1, 0.15) is 0 Å². The monoisotopic (exact) mass is 439 g/mol. The quantitative estimate of drug-likeness (QED) is 0.680. The third kappa shape index (κ3) is 5.51. The molecule has 3 rings (SSSR count). The summed E-state index contributed by atoms with van der Waals surface area (Å²) in [4.78, 5) is 13.9. The van der Waals surface area contributed by atoms with E-state index in [2.05, 4.69) is 33.7 Å². The van der Waals surface area contributed by atoms with Crippen molar-refractivity contribution in [3.05, 3.63) is 35.9 Å². The zero-order chi connectivity index (χ0) is 21.7. The minimum atomic E-state index is -3.63. The number of carbonyl (C=O) groups is 1. The fraction of sp³-hybridized carbons (Fsp3) is 0.667. The molecule has 1 saturated carbocycles. The number of amides is 1. The maximum absolute atomic E-state index is 12.3. The molecule has 1 aromatic carbocycles. The van der Waals surface area contributed by atoms with E-state index in [0.29, 0.717) is 12.3 Å². The summed E-state index contributed by atoms with van der Waals surface area (Å²) in [6, 6.07) is 9.55. The van der Waals surface area contributed by atoms with Gasteiger partial charge in [0.15, 0.2) is 0 Å². The van der Waals surface area contributed by atoms with Crippen LogP contribution in [0.15, 0.2) is 30.3 Å². The molecule has 2 aliphatic rings. The molecule has 0 aromatic heterocycles. The lowest BCUT2D eigenvalue weighted by Gasteiger charge is -2.33. The van der Waals surface area contributed by atoms with Gasteiger partial charge in [-0.1, -0.05) is 30.3 Å². The smallest absolute Gasteiger partial charge is 0.410 e. The Morgan fingerprint density at radius 2 is 1.83 bits per heavy atom. The summed E-state index contributed by atoms with van der Waals surface area (Å²) in [6.45, 7) is 2.17. The number of ether oxygens (including phenoxy) is 2. The second-order valence-electron chi connectivity index (χ2n) is 8.18. The highest BCUT2D eigenvalue weighted by atomic mass is 32.2. The lowest BCUT2D eigenvalue weighted by atomic mass is 9.83. The van der Waals surface area contributed by atoms with Crippen LogP contribution < -0.4 is 9.44 Å². The molecule has 0 spiro atoms. The number of hydrogen-bond donors (Lipinski definition) is 2. The molecule has 1 aliphatic heterocycles. The first kappa shape index (κ1) is 23.0. The average molecular weight is 440 g/mol. The number of methoxy groups -OCH3 is 1. The van der Waals surface area contributed by atoms with Crippen molar-refractivity contribution in [1.29, 1.82) is 0 Å². The molecule has 3 atom stereocenters. The predicted octanol–water partition coefficient (Wildman–Crippen LogP) is 2.38. The molecule has 168 valence electrons. The summed E-state index contributed by atoms with van der Waals surface area (Å²) < 4.78 is 40.1. The van der Waals surface area contributed by atoms with E-state index in [-0.39, 0.29) is 18.8 Å². The van der Waals surface area contributed by atoms with Crippen molar-refractivity contribution in [3.8, 4) is 0 Å². The number of rotatable bonds is 7. The summed E-state index contributed by atoms with van der Waals surface area (Å²) in [5.41, 5.74) is 1.37. The summed E-state index contributed by atoms with van der Waals surface area (Å²) in [5.74, 6) is 0.555. The van der Waals surface area contributed by atoms with Crippen molar-refractivity contribution in [2.24, 2.45) is 0 Å². The molecule has 1 heterocycles. The average Bonchev–Trinajstić information content (AvgIpc) is 3.06. The molecule has 2 fully saturated rings. The van der Waals surface area contributed by atoms with Gasteiger partial charge in [-0.15, -0.1) is 0 Å². The van der Waals surface area contributed by atoms with Crippen LogP contribution >= 0.6 is 0 Å². The molecule has 30 heavy (non-hydrogen) atoms. The van der Waals surface area contributed by atoms with Crippen molar-refractivity contribution >= 4 is 16.3 Å². The minimum Gasteiger partial charge on any atom is -0.453 e. The highest BCUT2D eigenvalue weighted by Crippen LogP contribution is 2.34. The molecular weight excluding hydrogens is 406 g/mol. The Balaban J connectivity index is 1.61. The minimum absolute atomic E-state index is 0.113. The summed E-state index contributed by atoms with van der Waals surface area (Å²) in [7, 11) is -0.938. The van der Waals surface area contributed by atoms with Gasteiger partial charge < -0.3 is 9.47 Å². The summed E-state index contributed by atoms with van der Waals surface area (Å²) in [5, 5.41) is 0. The first-order chi connectivity index (χ1) is 14.3. The van der Waals surface area contributed by atoms with E-state index in [4.69, 9.17) is 9.47 Å². The fourth-order valence-corrected chi connectivity index (χ4v) is 5.45. The SMILES string of the molecule is CNS(=O)(=O)N[C@H]1C[C@@H](C)N(C(=O)OC)C1COC1CCC(c2ccccc2)CC1. The van der Waals surface area contributed by atoms with Crippen LogP contribution in [0.1, 0.15) is 50.5 Å². The van der Waals surface area contributed by atoms with E-state index < -0.39 is 28.4 Å². The number of carbonyl (C=O) groups excluding carboxylic acids is 1. The maximum Gasteiger partial charge on any atom is 0.410 e. The van der Waals surface area contributed by atoms with Crippen molar-refractivity contribution < 1.29 is 22.7 Å². The molecule has 2 N–H and O–H groups in total. The Hall–Kier alpha value is -1.68. The van der Waals surface area contributed by atoms with Gasteiger partial charge in [0, 0.05) is 19.1 Å². The Labute approximate surface area is 179 Å². The van der Waals surface area contributed by atoms with Gasteiger partial charge in [-0.25, -0.2) is 9.52 Å². The second kappa shape index (κ2) is 10.1. The van der Waals surface area contributed by atoms with E-state index in [9.17, 15) is 13.2 Å². The molecule has 1 unspecified atom stereocenters. The van der Waals surface area contributed by atoms with Crippen LogP contribution in [-0.2, 0) is 19.7 Å². The van der Waals surface area contributed by atoms with Gasteiger partial charge in [-0.2, -0.15) is 13.1 Å². The molecule has 0 radical (unpaired) electrons.